The first kappa shape index (κ1) is 26.1. The van der Waals surface area contributed by atoms with Gasteiger partial charge in [-0.25, -0.2) is 27.0 Å². The Morgan fingerprint density at radius 3 is 2.68 bits per heavy atom. The lowest BCUT2D eigenvalue weighted by molar-refractivity contribution is -0.130. The van der Waals surface area contributed by atoms with Gasteiger partial charge in [0.25, 0.3) is 10.0 Å². The highest BCUT2D eigenvalue weighted by Gasteiger charge is 2.33. The topological polar surface area (TPSA) is 130 Å². The molecule has 38 heavy (non-hydrogen) atoms. The summed E-state index contributed by atoms with van der Waals surface area (Å²) < 4.78 is 49.1. The third-order valence-corrected chi connectivity index (χ3v) is 9.11. The van der Waals surface area contributed by atoms with Crippen LogP contribution in [0.5, 0.6) is 0 Å². The van der Waals surface area contributed by atoms with Crippen LogP contribution in [0.15, 0.2) is 46.1 Å². The highest BCUT2D eigenvalue weighted by Crippen LogP contribution is 2.29. The molecule has 2 aliphatic rings. The molecule has 5 rings (SSSR count). The van der Waals surface area contributed by atoms with Crippen molar-refractivity contribution in [2.24, 2.45) is 0 Å². The van der Waals surface area contributed by atoms with Gasteiger partial charge in [0.05, 0.1) is 36.7 Å². The number of ether oxygens (including phenoxy) is 1. The van der Waals surface area contributed by atoms with E-state index < -0.39 is 28.0 Å². The van der Waals surface area contributed by atoms with Gasteiger partial charge in [0.1, 0.15) is 16.1 Å². The molecule has 1 N–H and O–H groups in total. The van der Waals surface area contributed by atoms with Gasteiger partial charge < -0.3 is 14.5 Å². The van der Waals surface area contributed by atoms with E-state index in [9.17, 15) is 18.0 Å². The number of aromatic nitrogens is 3. The number of halogens is 1. The Balaban J connectivity index is 1.15. The molecule has 1 aromatic carbocycles. The minimum Gasteiger partial charge on any atom is -0.442 e. The van der Waals surface area contributed by atoms with Gasteiger partial charge in [-0.1, -0.05) is 11.3 Å². The summed E-state index contributed by atoms with van der Waals surface area (Å²) in [5.41, 5.74) is 1.51. The van der Waals surface area contributed by atoms with Crippen LogP contribution < -0.4 is 14.5 Å². The van der Waals surface area contributed by atoms with Crippen LogP contribution >= 0.6 is 11.3 Å². The molecule has 0 unspecified atom stereocenters. The number of carbonyl (C=O) groups is 2. The molecule has 15 heteroatoms. The predicted octanol–water partition coefficient (Wildman–Crippen LogP) is 1.44. The third kappa shape index (κ3) is 5.63. The first-order valence-corrected chi connectivity index (χ1v) is 14.3. The maximum Gasteiger partial charge on any atom is 0.414 e. The standard InChI is InChI=1S/C23H26FN7O5S2/c1-16-13-30(27-26-16)14-18-15-31(23(33)36-18)17-4-5-20(19(24)11-17)28-6-8-29(9-7-28)21(32)12-25-38(34,35)22-3-2-10-37-22/h2-5,10-11,13,18,25H,6-9,12,14-15H2,1H3/t18-/m0/s1. The van der Waals surface area contributed by atoms with Gasteiger partial charge in [-0.15, -0.1) is 16.4 Å². The van der Waals surface area contributed by atoms with Gasteiger partial charge >= 0.3 is 6.09 Å². The lowest BCUT2D eigenvalue weighted by atomic mass is 10.2. The second kappa shape index (κ2) is 10.7. The Hall–Kier alpha value is -3.56. The molecule has 2 aromatic heterocycles. The number of amides is 2. The van der Waals surface area contributed by atoms with Crippen LogP contribution in [0.3, 0.4) is 0 Å². The number of thiophene rings is 1. The molecule has 2 saturated heterocycles. The zero-order valence-corrected chi connectivity index (χ0v) is 22.1. The molecule has 4 heterocycles. The summed E-state index contributed by atoms with van der Waals surface area (Å²) in [5, 5.41) is 9.53. The largest absolute Gasteiger partial charge is 0.442 e. The first-order valence-electron chi connectivity index (χ1n) is 11.9. The zero-order chi connectivity index (χ0) is 26.9. The number of nitrogens with one attached hydrogen (secondary N) is 1. The number of benzene rings is 1. The van der Waals surface area contributed by atoms with Crippen molar-refractivity contribution in [2.45, 2.75) is 23.8 Å². The SMILES string of the molecule is Cc1cn(C[C@H]2CN(c3ccc(N4CCN(C(=O)CNS(=O)(=O)c5cccs5)CC4)c(F)c3)C(=O)O2)nn1. The number of piperazine rings is 1. The molecule has 12 nitrogen and oxygen atoms in total. The van der Waals surface area contributed by atoms with Gasteiger partial charge in [0.2, 0.25) is 5.91 Å². The molecule has 0 aliphatic carbocycles. The second-order valence-corrected chi connectivity index (χ2v) is 11.9. The molecule has 2 fully saturated rings. The fourth-order valence-electron chi connectivity index (χ4n) is 4.39. The van der Waals surface area contributed by atoms with Crippen LogP contribution in [0.1, 0.15) is 5.69 Å². The van der Waals surface area contributed by atoms with E-state index >= 15 is 4.39 Å². The summed E-state index contributed by atoms with van der Waals surface area (Å²) >= 11 is 1.07. The average molecular weight is 564 g/mol. The highest BCUT2D eigenvalue weighted by molar-refractivity contribution is 7.91. The van der Waals surface area contributed by atoms with Crippen LogP contribution in [0.4, 0.5) is 20.6 Å². The molecular formula is C23H26FN7O5S2. The molecule has 202 valence electrons. The lowest BCUT2D eigenvalue weighted by Gasteiger charge is -2.36. The molecule has 0 saturated carbocycles. The maximum absolute atomic E-state index is 15.1. The fraction of sp³-hybridized carbons (Fsp3) is 0.391. The van der Waals surface area contributed by atoms with E-state index in [1.807, 2.05) is 11.8 Å². The first-order chi connectivity index (χ1) is 18.2. The molecule has 2 aliphatic heterocycles. The summed E-state index contributed by atoms with van der Waals surface area (Å²) in [5.74, 6) is -0.835. The summed E-state index contributed by atoms with van der Waals surface area (Å²) in [4.78, 5) is 29.7. The smallest absolute Gasteiger partial charge is 0.414 e. The minimum absolute atomic E-state index is 0.150. The number of anilines is 2. The number of rotatable bonds is 8. The quantitative estimate of drug-likeness (QED) is 0.436. The van der Waals surface area contributed by atoms with Crippen molar-refractivity contribution in [1.82, 2.24) is 24.6 Å². The molecule has 2 amide bonds. The Morgan fingerprint density at radius 1 is 1.24 bits per heavy atom. The Morgan fingerprint density at radius 2 is 2.03 bits per heavy atom. The van der Waals surface area contributed by atoms with E-state index in [-0.39, 0.29) is 23.2 Å². The molecule has 1 atom stereocenters. The Labute approximate surface area is 222 Å². The highest BCUT2D eigenvalue weighted by atomic mass is 32.2. The van der Waals surface area contributed by atoms with Gasteiger partial charge in [-0.2, -0.15) is 0 Å². The maximum atomic E-state index is 15.1. The molecule has 0 bridgehead atoms. The van der Waals surface area contributed by atoms with E-state index in [0.717, 1.165) is 17.0 Å². The predicted molar refractivity (Wildman–Crippen MR) is 137 cm³/mol. The Bertz CT molecular complexity index is 1420. The van der Waals surface area contributed by atoms with Crippen molar-refractivity contribution in [2.75, 3.05) is 49.1 Å². The van der Waals surface area contributed by atoms with Crippen molar-refractivity contribution in [1.29, 1.82) is 0 Å². The summed E-state index contributed by atoms with van der Waals surface area (Å²) in [7, 11) is -3.73. The van der Waals surface area contributed by atoms with E-state index in [2.05, 4.69) is 15.0 Å². The van der Waals surface area contributed by atoms with Gasteiger partial charge in [0.15, 0.2) is 0 Å². The van der Waals surface area contributed by atoms with Crippen molar-refractivity contribution in [3.05, 3.63) is 53.4 Å². The second-order valence-electron chi connectivity index (χ2n) is 8.96. The van der Waals surface area contributed by atoms with Crippen molar-refractivity contribution < 1.29 is 27.1 Å². The summed E-state index contributed by atoms with van der Waals surface area (Å²) in [6.07, 6.45) is 0.759. The van der Waals surface area contributed by atoms with Crippen LogP contribution in [0.2, 0.25) is 0 Å². The van der Waals surface area contributed by atoms with E-state index in [1.54, 1.807) is 39.4 Å². The number of hydrogen-bond donors (Lipinski definition) is 1. The zero-order valence-electron chi connectivity index (χ0n) is 20.5. The monoisotopic (exact) mass is 563 g/mol. The molecule has 0 radical (unpaired) electrons. The van der Waals surface area contributed by atoms with Crippen LogP contribution in [0, 0.1) is 12.7 Å². The number of hydrogen-bond acceptors (Lipinski definition) is 9. The molecule has 0 spiro atoms. The van der Waals surface area contributed by atoms with Gasteiger partial charge in [0, 0.05) is 32.4 Å². The molecular weight excluding hydrogens is 537 g/mol. The average Bonchev–Trinajstić information content (AvgIpc) is 3.65. The van der Waals surface area contributed by atoms with Crippen LogP contribution in [0.25, 0.3) is 0 Å². The van der Waals surface area contributed by atoms with E-state index in [1.165, 1.54) is 17.0 Å². The summed E-state index contributed by atoms with van der Waals surface area (Å²) in [6, 6.07) is 7.68. The van der Waals surface area contributed by atoms with Crippen molar-refractivity contribution in [3.63, 3.8) is 0 Å². The van der Waals surface area contributed by atoms with Crippen LogP contribution in [-0.2, 0) is 26.1 Å². The van der Waals surface area contributed by atoms with E-state index in [0.29, 0.717) is 44.1 Å². The number of nitrogens with zero attached hydrogens (tertiary/aromatic N) is 6. The molecule has 3 aromatic rings. The van der Waals surface area contributed by atoms with Gasteiger partial charge in [-0.05, 0) is 36.6 Å². The number of aryl methyl sites for hydroxylation is 1. The number of carbonyl (C=O) groups excluding carboxylic acids is 2. The summed E-state index contributed by atoms with van der Waals surface area (Å²) in [6.45, 7) is 3.49. The Kier molecular flexibility index (Phi) is 7.32. The van der Waals surface area contributed by atoms with Crippen molar-refractivity contribution in [3.8, 4) is 0 Å². The van der Waals surface area contributed by atoms with Crippen molar-refractivity contribution >= 4 is 44.7 Å². The number of cyclic esters (lactones) is 1. The third-order valence-electron chi connectivity index (χ3n) is 6.31. The normalized spacial score (nSPS) is 18.2. The van der Waals surface area contributed by atoms with Crippen LogP contribution in [-0.4, -0.2) is 85.7 Å². The fourth-order valence-corrected chi connectivity index (χ4v) is 6.41. The minimum atomic E-state index is -3.73. The number of sulfonamides is 1. The van der Waals surface area contributed by atoms with E-state index in [4.69, 9.17) is 4.74 Å². The van der Waals surface area contributed by atoms with Gasteiger partial charge in [-0.3, -0.25) is 9.69 Å². The lowest BCUT2D eigenvalue weighted by Crippen LogP contribution is -2.51.